The predicted octanol–water partition coefficient (Wildman–Crippen LogP) is 0.0262. The molecule has 4 N–H and O–H groups in total. The van der Waals surface area contributed by atoms with E-state index >= 15 is 0 Å². The monoisotopic (exact) mass is 394 g/mol. The van der Waals surface area contributed by atoms with Crippen molar-refractivity contribution in [1.29, 1.82) is 0 Å². The second-order valence-electron chi connectivity index (χ2n) is 7.27. The molecule has 0 spiro atoms. The van der Waals surface area contributed by atoms with Crippen LogP contribution in [0.15, 0.2) is 18.2 Å². The second kappa shape index (κ2) is 6.52. The van der Waals surface area contributed by atoms with Gasteiger partial charge in [0.05, 0.1) is 16.8 Å². The third-order valence-corrected chi connectivity index (χ3v) is 5.56. The van der Waals surface area contributed by atoms with Gasteiger partial charge in [0.25, 0.3) is 11.8 Å². The molecule has 0 radical (unpaired) electrons. The van der Waals surface area contributed by atoms with Crippen LogP contribution in [0.5, 0.6) is 0 Å². The van der Waals surface area contributed by atoms with Crippen molar-refractivity contribution >= 4 is 29.4 Å². The molecular weight excluding hydrogens is 376 g/mol. The summed E-state index contributed by atoms with van der Waals surface area (Å²) in [6.07, 6.45) is 0.229. The average molecular weight is 394 g/mol. The lowest BCUT2D eigenvalue weighted by Gasteiger charge is -2.27. The third-order valence-electron chi connectivity index (χ3n) is 5.56. The van der Waals surface area contributed by atoms with Crippen LogP contribution in [0.2, 0.25) is 0 Å². The summed E-state index contributed by atoms with van der Waals surface area (Å²) in [6.45, 7) is 1.75. The molecule has 148 valence electrons. The fraction of sp³-hybridized carbons (Fsp3) is 0.316. The molecule has 10 nitrogen and oxygen atoms in total. The molecule has 1 fully saturated rings. The quantitative estimate of drug-likeness (QED) is 0.537. The second-order valence-corrected chi connectivity index (χ2v) is 7.27. The summed E-state index contributed by atoms with van der Waals surface area (Å²) in [5, 5.41) is 15.9. The Kier molecular flexibility index (Phi) is 3.95. The number of anilines is 1. The highest BCUT2D eigenvalue weighted by Gasteiger charge is 2.45. The van der Waals surface area contributed by atoms with Crippen molar-refractivity contribution < 1.29 is 19.2 Å². The van der Waals surface area contributed by atoms with Crippen molar-refractivity contribution in [2.75, 3.05) is 5.32 Å². The van der Waals surface area contributed by atoms with E-state index in [0.717, 1.165) is 22.7 Å². The van der Waals surface area contributed by atoms with Crippen molar-refractivity contribution in [2.24, 2.45) is 0 Å². The summed E-state index contributed by atoms with van der Waals surface area (Å²) in [5.41, 5.74) is 3.30. The van der Waals surface area contributed by atoms with Gasteiger partial charge in [0.2, 0.25) is 11.8 Å². The van der Waals surface area contributed by atoms with Crippen molar-refractivity contribution in [3.63, 3.8) is 0 Å². The molecule has 1 aromatic carbocycles. The normalized spacial score (nSPS) is 20.7. The maximum absolute atomic E-state index is 13.1. The third kappa shape index (κ3) is 2.71. The number of piperidine rings is 1. The number of nitrogens with zero attached hydrogens (tertiary/aromatic N) is 2. The topological polar surface area (TPSA) is 136 Å². The fourth-order valence-corrected chi connectivity index (χ4v) is 4.11. The number of fused-ring (bicyclic) bond motifs is 2. The molecule has 0 saturated carbocycles. The van der Waals surface area contributed by atoms with Crippen LogP contribution < -0.4 is 16.0 Å². The largest absolute Gasteiger partial charge is 0.364 e. The van der Waals surface area contributed by atoms with Crippen LogP contribution in [-0.2, 0) is 29.2 Å². The minimum atomic E-state index is -0.971. The molecule has 29 heavy (non-hydrogen) atoms. The lowest BCUT2D eigenvalue weighted by atomic mass is 10.0. The molecule has 0 aliphatic carbocycles. The molecule has 4 heterocycles. The molecule has 1 saturated heterocycles. The fourth-order valence-electron chi connectivity index (χ4n) is 4.11. The number of imide groups is 2. The zero-order valence-electron chi connectivity index (χ0n) is 15.4. The highest BCUT2D eigenvalue weighted by molar-refractivity contribution is 6.24. The minimum absolute atomic E-state index is 0.0938. The number of carbonyl (C=O) groups excluding carboxylic acids is 4. The number of aromatic nitrogens is 2. The van der Waals surface area contributed by atoms with Gasteiger partial charge in [-0.15, -0.1) is 0 Å². The lowest BCUT2D eigenvalue weighted by molar-refractivity contribution is -0.136. The van der Waals surface area contributed by atoms with E-state index < -0.39 is 29.7 Å². The van der Waals surface area contributed by atoms with Crippen molar-refractivity contribution in [2.45, 2.75) is 38.5 Å². The van der Waals surface area contributed by atoms with Crippen LogP contribution in [0.3, 0.4) is 0 Å². The van der Waals surface area contributed by atoms with Gasteiger partial charge in [0.1, 0.15) is 6.04 Å². The Bertz CT molecular complexity index is 1070. The molecule has 5 rings (SSSR count). The van der Waals surface area contributed by atoms with Gasteiger partial charge in [-0.3, -0.25) is 34.5 Å². The first-order valence-electron chi connectivity index (χ1n) is 9.38. The van der Waals surface area contributed by atoms with E-state index in [-0.39, 0.29) is 18.4 Å². The number of nitrogens with one attached hydrogen (secondary N) is 4. The minimum Gasteiger partial charge on any atom is -0.364 e. The standard InChI is InChI=1S/C19H18N6O4/c26-14-5-4-13(17(27)22-14)25-18(28)10-3-1-2-9(15(10)19(25)29)6-21-16-11-7-20-8-12(11)23-24-16/h1-3,13,20H,4-8H2,(H2,21,23,24)(H,22,26,27). The molecule has 4 amide bonds. The van der Waals surface area contributed by atoms with Crippen LogP contribution in [0.4, 0.5) is 5.82 Å². The summed E-state index contributed by atoms with van der Waals surface area (Å²) in [4.78, 5) is 50.5. The summed E-state index contributed by atoms with van der Waals surface area (Å²) in [6, 6.07) is 4.10. The number of rotatable bonds is 4. The van der Waals surface area contributed by atoms with E-state index in [4.69, 9.17) is 0 Å². The summed E-state index contributed by atoms with van der Waals surface area (Å²) in [5.74, 6) is -1.32. The van der Waals surface area contributed by atoms with Gasteiger partial charge in [0.15, 0.2) is 5.82 Å². The average Bonchev–Trinajstić information content (AvgIpc) is 3.37. The maximum atomic E-state index is 13.1. The predicted molar refractivity (Wildman–Crippen MR) is 99.6 cm³/mol. The molecule has 3 aliphatic rings. The summed E-state index contributed by atoms with van der Waals surface area (Å²) >= 11 is 0. The maximum Gasteiger partial charge on any atom is 0.262 e. The van der Waals surface area contributed by atoms with Crippen LogP contribution in [-0.4, -0.2) is 44.8 Å². The van der Waals surface area contributed by atoms with Crippen LogP contribution >= 0.6 is 0 Å². The van der Waals surface area contributed by atoms with E-state index in [9.17, 15) is 19.2 Å². The molecule has 2 aromatic rings. The Hall–Kier alpha value is -3.53. The van der Waals surface area contributed by atoms with Crippen LogP contribution in [0, 0.1) is 0 Å². The first-order chi connectivity index (χ1) is 14.0. The molecular formula is C19H18N6O4. The molecule has 3 aliphatic heterocycles. The Balaban J connectivity index is 1.41. The van der Waals surface area contributed by atoms with Gasteiger partial charge in [-0.1, -0.05) is 12.1 Å². The van der Waals surface area contributed by atoms with E-state index in [0.29, 0.717) is 30.0 Å². The molecule has 1 atom stereocenters. The highest BCUT2D eigenvalue weighted by atomic mass is 16.2. The van der Waals surface area contributed by atoms with E-state index in [1.165, 1.54) is 0 Å². The summed E-state index contributed by atoms with van der Waals surface area (Å²) in [7, 11) is 0. The highest BCUT2D eigenvalue weighted by Crippen LogP contribution is 2.30. The Morgan fingerprint density at radius 2 is 2.00 bits per heavy atom. The van der Waals surface area contributed by atoms with Gasteiger partial charge in [-0.25, -0.2) is 0 Å². The number of benzene rings is 1. The van der Waals surface area contributed by atoms with Gasteiger partial charge in [-0.2, -0.15) is 5.10 Å². The Labute approximate surface area is 165 Å². The Morgan fingerprint density at radius 3 is 2.83 bits per heavy atom. The summed E-state index contributed by atoms with van der Waals surface area (Å²) < 4.78 is 0. The lowest BCUT2D eigenvalue weighted by Crippen LogP contribution is -2.54. The van der Waals surface area contributed by atoms with Crippen LogP contribution in [0.25, 0.3) is 0 Å². The van der Waals surface area contributed by atoms with Gasteiger partial charge in [0, 0.05) is 31.6 Å². The Morgan fingerprint density at radius 1 is 1.14 bits per heavy atom. The van der Waals surface area contributed by atoms with E-state index in [2.05, 4.69) is 26.1 Å². The van der Waals surface area contributed by atoms with Crippen molar-refractivity contribution in [1.82, 2.24) is 25.7 Å². The number of hydrogen-bond acceptors (Lipinski definition) is 7. The number of amides is 4. The first kappa shape index (κ1) is 17.6. The zero-order chi connectivity index (χ0) is 20.1. The zero-order valence-corrected chi connectivity index (χ0v) is 15.4. The van der Waals surface area contributed by atoms with Crippen molar-refractivity contribution in [3.05, 3.63) is 46.1 Å². The first-order valence-corrected chi connectivity index (χ1v) is 9.38. The number of aromatic amines is 1. The number of H-pyrrole nitrogens is 1. The molecule has 1 unspecified atom stereocenters. The number of carbonyl (C=O) groups is 4. The van der Waals surface area contributed by atoms with Crippen molar-refractivity contribution in [3.8, 4) is 0 Å². The van der Waals surface area contributed by atoms with E-state index in [1.807, 2.05) is 0 Å². The molecule has 1 aromatic heterocycles. The molecule has 10 heteroatoms. The van der Waals surface area contributed by atoms with Gasteiger partial charge in [-0.05, 0) is 18.1 Å². The molecule has 0 bridgehead atoms. The SMILES string of the molecule is O=C1CCC(N2C(=O)c3cccc(CNc4n[nH]c5c4CNC5)c3C2=O)C(=O)N1. The van der Waals surface area contributed by atoms with Crippen LogP contribution in [0.1, 0.15) is 50.4 Å². The van der Waals surface area contributed by atoms with Gasteiger partial charge < -0.3 is 10.6 Å². The van der Waals surface area contributed by atoms with Gasteiger partial charge >= 0.3 is 0 Å². The van der Waals surface area contributed by atoms with E-state index in [1.54, 1.807) is 18.2 Å². The smallest absolute Gasteiger partial charge is 0.262 e. The number of hydrogen-bond donors (Lipinski definition) is 4.